The second kappa shape index (κ2) is 38.8. The molecule has 0 atom stereocenters. The SMILES string of the molecule is CC#N.CC(C)(C)OC(=O)CBr.COC(=O)c1ccc(-c2noc(-c3cc4c(C)ccc(C)c4o3)n2)cc1.COC(=O)c1ccc(/C(N)=N\O)cc1.Cc1ccc(C)c(C=O)c1O.Cc1ccc(C)c(O)c1.Cc1ccc(C)c2oc(C(=O)O)cc12.Cc1ccc(C)c2oc(C(=O)OC(C)(C)C)cc12. The molecule has 4 aromatic heterocycles. The molecule has 4 heterocycles. The van der Waals surface area contributed by atoms with Gasteiger partial charge in [-0.05, 0) is 215 Å². The summed E-state index contributed by atoms with van der Waals surface area (Å²) in [5, 5.41) is 52.9. The van der Waals surface area contributed by atoms with Gasteiger partial charge < -0.3 is 63.0 Å². The maximum Gasteiger partial charge on any atom is 0.374 e. The van der Waals surface area contributed by atoms with E-state index in [2.05, 4.69) is 42.0 Å². The molecule has 0 saturated heterocycles. The molecule has 0 aliphatic carbocycles. The van der Waals surface area contributed by atoms with Crippen LogP contribution in [0.3, 0.4) is 0 Å². The first-order valence-electron chi connectivity index (χ1n) is 32.1. The van der Waals surface area contributed by atoms with Crippen molar-refractivity contribution in [2.24, 2.45) is 10.9 Å². The highest BCUT2D eigenvalue weighted by Crippen LogP contribution is 2.33. The van der Waals surface area contributed by atoms with Gasteiger partial charge in [0.15, 0.2) is 17.9 Å². The quantitative estimate of drug-likeness (QED) is 0.0131. The van der Waals surface area contributed by atoms with Crippen LogP contribution in [-0.2, 0) is 23.7 Å². The number of phenolic OH excluding ortho intramolecular Hbond substituents is 2. The van der Waals surface area contributed by atoms with Gasteiger partial charge in [-0.25, -0.2) is 19.2 Å². The number of aromatic carboxylic acids is 1. The van der Waals surface area contributed by atoms with E-state index in [1.807, 2.05) is 152 Å². The molecule has 0 fully saturated rings. The average molecular weight is 1490 g/mol. The highest BCUT2D eigenvalue weighted by molar-refractivity contribution is 9.09. The highest BCUT2D eigenvalue weighted by atomic mass is 79.9. The Morgan fingerprint density at radius 2 is 0.981 bits per heavy atom. The number of carboxylic acids is 1. The Labute approximate surface area is 611 Å². The Morgan fingerprint density at radius 1 is 0.567 bits per heavy atom. The zero-order valence-electron chi connectivity index (χ0n) is 61.7. The number of hydrogen-bond acceptors (Lipinski definition) is 21. The number of esters is 4. The van der Waals surface area contributed by atoms with Gasteiger partial charge in [-0.2, -0.15) is 10.2 Å². The van der Waals surface area contributed by atoms with E-state index in [4.69, 9.17) is 58.4 Å². The number of rotatable bonds is 9. The molecule has 548 valence electrons. The molecule has 6 N–H and O–H groups in total. The molecular weight excluding hydrogens is 1400 g/mol. The van der Waals surface area contributed by atoms with Gasteiger partial charge in [-0.3, -0.25) is 9.59 Å². The van der Waals surface area contributed by atoms with E-state index < -0.39 is 29.5 Å². The largest absolute Gasteiger partial charge is 0.508 e. The first kappa shape index (κ1) is 84.6. The lowest BCUT2D eigenvalue weighted by Gasteiger charge is -2.18. The third-order valence-corrected chi connectivity index (χ3v) is 15.1. The van der Waals surface area contributed by atoms with Gasteiger partial charge in [0.2, 0.25) is 17.3 Å². The summed E-state index contributed by atoms with van der Waals surface area (Å²) in [5.41, 5.74) is 19.1. The summed E-state index contributed by atoms with van der Waals surface area (Å²) >= 11 is 2.99. The molecule has 0 saturated carbocycles. The van der Waals surface area contributed by atoms with Crippen LogP contribution in [0, 0.1) is 80.6 Å². The molecule has 0 radical (unpaired) electrons. The molecule has 24 heteroatoms. The minimum absolute atomic E-state index is 0.00131. The van der Waals surface area contributed by atoms with Crippen LogP contribution in [-0.4, -0.2) is 103 Å². The van der Waals surface area contributed by atoms with Crippen LogP contribution in [0.15, 0.2) is 156 Å². The number of hydrogen-bond donors (Lipinski definition) is 5. The zero-order chi connectivity index (χ0) is 78.1. The fourth-order valence-corrected chi connectivity index (χ4v) is 9.25. The molecule has 0 aliphatic heterocycles. The number of aromatic hydroxyl groups is 2. The number of halogens is 1. The Bertz CT molecular complexity index is 4750. The molecule has 7 aromatic carbocycles. The summed E-state index contributed by atoms with van der Waals surface area (Å²) in [4.78, 5) is 70.6. The van der Waals surface area contributed by atoms with Crippen molar-refractivity contribution in [1.29, 1.82) is 5.26 Å². The predicted octanol–water partition coefficient (Wildman–Crippen LogP) is 18.0. The van der Waals surface area contributed by atoms with E-state index in [1.165, 1.54) is 21.1 Å². The Morgan fingerprint density at radius 3 is 1.38 bits per heavy atom. The summed E-state index contributed by atoms with van der Waals surface area (Å²) in [5.74, 6) is -0.472. The lowest BCUT2D eigenvalue weighted by molar-refractivity contribution is -0.151. The lowest BCUT2D eigenvalue weighted by Crippen LogP contribution is -2.24. The number of furan rings is 3. The summed E-state index contributed by atoms with van der Waals surface area (Å²) in [6, 6.07) is 41.2. The molecule has 11 rings (SSSR count). The molecular formula is C80H88BrN5O18. The molecule has 104 heavy (non-hydrogen) atoms. The van der Waals surface area contributed by atoms with Gasteiger partial charge in [0.25, 0.3) is 5.89 Å². The van der Waals surface area contributed by atoms with Crippen molar-refractivity contribution < 1.29 is 86.0 Å². The number of carboxylic acid groups (broad SMARTS) is 1. The highest BCUT2D eigenvalue weighted by Gasteiger charge is 2.23. The Balaban J connectivity index is 0.000000264. The smallest absolute Gasteiger partial charge is 0.374 e. The van der Waals surface area contributed by atoms with E-state index in [9.17, 15) is 33.9 Å². The van der Waals surface area contributed by atoms with Crippen molar-refractivity contribution >= 4 is 90.8 Å². The van der Waals surface area contributed by atoms with Crippen LogP contribution in [0.2, 0.25) is 0 Å². The number of aryl methyl sites for hydroxylation is 10. The van der Waals surface area contributed by atoms with Crippen molar-refractivity contribution in [3.05, 3.63) is 223 Å². The van der Waals surface area contributed by atoms with E-state index >= 15 is 0 Å². The van der Waals surface area contributed by atoms with Gasteiger partial charge in [0.05, 0.1) is 37.0 Å². The molecule has 0 bridgehead atoms. The number of amidine groups is 1. The zero-order valence-corrected chi connectivity index (χ0v) is 63.3. The number of alkyl halides is 1. The Kier molecular flexibility index (Phi) is 31.6. The van der Waals surface area contributed by atoms with Crippen LogP contribution < -0.4 is 5.73 Å². The van der Waals surface area contributed by atoms with E-state index in [0.717, 1.165) is 88.5 Å². The second-order valence-electron chi connectivity index (χ2n) is 25.3. The van der Waals surface area contributed by atoms with Gasteiger partial charge in [-0.15, -0.1) is 0 Å². The van der Waals surface area contributed by atoms with Gasteiger partial charge in [0.1, 0.15) is 44.8 Å². The molecule has 0 unspecified atom stereocenters. The standard InChI is InChI=1S/C20H16N2O4.C15H18O3.C11H10O3.C9H10N2O3.C9H10O2.C8H10O.C6H11BrO2.C2H3N/c1-11-4-5-12(2)17-15(11)10-16(25-17)19-21-18(22-26-19)13-6-8-14(9-7-13)20(23)24-3;1-9-6-7-10(2)13-11(9)8-12(17-13)14(16)18-15(3,4)5;1-6-3-4-7(2)10-8(6)5-9(14-10)11(12)13;1-14-9(12)7-4-2-6(3-5-7)8(10)11-13;1-6-3-4-7(2)9(11)8(6)5-10;1-6-3-4-7(2)8(9)5-6;1-6(2,3)9-5(8)4-7;1-2-3/h4-10H,1-3H3;6-8H,1-5H3;3-5H,1-2H3,(H,12,13);2-5,13H,1H3,(H2,10,11);3-5,11H,1-2H3;3-5,9H,1-2H3;4H2,1-3H3;1H3. The number of phenols is 2. The maximum atomic E-state index is 11.9. The number of ether oxygens (including phenoxy) is 4. The number of oxime groups is 1. The molecule has 11 aromatic rings. The van der Waals surface area contributed by atoms with Gasteiger partial charge >= 0.3 is 29.8 Å². The number of carbonyl (C=O) groups excluding carboxylic acids is 5. The topological polar surface area (TPSA) is 361 Å². The number of aldehydes is 1. The number of methoxy groups -OCH3 is 2. The molecule has 0 spiro atoms. The monoisotopic (exact) mass is 1490 g/mol. The maximum absolute atomic E-state index is 11.9. The number of benzene rings is 7. The fraction of sp³-hybridized carbons (Fsp3) is 0.275. The third-order valence-electron chi connectivity index (χ3n) is 14.7. The summed E-state index contributed by atoms with van der Waals surface area (Å²) in [6.45, 7) is 31.7. The van der Waals surface area contributed by atoms with Crippen molar-refractivity contribution in [2.45, 2.75) is 129 Å². The third kappa shape index (κ3) is 24.8. The number of fused-ring (bicyclic) bond motifs is 3. The van der Waals surface area contributed by atoms with Crippen LogP contribution in [0.25, 0.3) is 55.9 Å². The molecule has 0 aliphatic rings. The summed E-state index contributed by atoms with van der Waals surface area (Å²) < 4.78 is 41.5. The minimum Gasteiger partial charge on any atom is -0.508 e. The van der Waals surface area contributed by atoms with Crippen molar-refractivity contribution in [1.82, 2.24) is 10.1 Å². The van der Waals surface area contributed by atoms with Crippen LogP contribution in [0.5, 0.6) is 11.5 Å². The van der Waals surface area contributed by atoms with E-state index in [1.54, 1.807) is 92.7 Å². The lowest BCUT2D eigenvalue weighted by atomic mass is 10.1. The van der Waals surface area contributed by atoms with E-state index in [-0.39, 0.29) is 40.0 Å². The van der Waals surface area contributed by atoms with Gasteiger partial charge in [0, 0.05) is 34.2 Å². The van der Waals surface area contributed by atoms with Crippen LogP contribution in [0.1, 0.15) is 162 Å². The second-order valence-corrected chi connectivity index (χ2v) is 25.9. The number of aromatic nitrogens is 2. The first-order valence-corrected chi connectivity index (χ1v) is 33.2. The minimum atomic E-state index is -1.03. The number of nitriles is 1. The summed E-state index contributed by atoms with van der Waals surface area (Å²) in [7, 11) is 2.65. The van der Waals surface area contributed by atoms with Crippen LogP contribution in [0.4, 0.5) is 0 Å². The van der Waals surface area contributed by atoms with Crippen molar-refractivity contribution in [2.75, 3.05) is 19.5 Å². The van der Waals surface area contributed by atoms with Gasteiger partial charge in [-0.1, -0.05) is 111 Å². The van der Waals surface area contributed by atoms with Crippen molar-refractivity contribution in [3.8, 4) is 40.6 Å². The number of nitrogens with two attached hydrogens (primary N) is 1. The Hall–Kier alpha value is -11.8. The predicted molar refractivity (Wildman–Crippen MR) is 401 cm³/mol. The number of nitrogens with zero attached hydrogens (tertiary/aromatic N) is 4. The average Bonchev–Trinajstić information content (AvgIpc) is 1.68. The first-order chi connectivity index (χ1) is 48.8. The molecule has 23 nitrogen and oxygen atoms in total. The number of carbonyl (C=O) groups is 6. The normalized spacial score (nSPS) is 10.6. The fourth-order valence-electron chi connectivity index (χ4n) is 9.14. The molecule has 0 amide bonds. The van der Waals surface area contributed by atoms with Crippen LogP contribution >= 0.6 is 15.9 Å². The van der Waals surface area contributed by atoms with Crippen molar-refractivity contribution in [3.63, 3.8) is 0 Å². The van der Waals surface area contributed by atoms with E-state index in [0.29, 0.717) is 57.3 Å². The summed E-state index contributed by atoms with van der Waals surface area (Å²) in [6.07, 6.45) is 0.678.